The number of aromatic nitrogens is 3. The van der Waals surface area contributed by atoms with Crippen molar-refractivity contribution >= 4 is 33.4 Å². The van der Waals surface area contributed by atoms with E-state index >= 15 is 0 Å². The van der Waals surface area contributed by atoms with Gasteiger partial charge in [0.1, 0.15) is 0 Å². The predicted molar refractivity (Wildman–Crippen MR) is 86.8 cm³/mol. The van der Waals surface area contributed by atoms with Crippen LogP contribution < -0.4 is 4.31 Å². The lowest BCUT2D eigenvalue weighted by Crippen LogP contribution is -2.30. The number of hydrogen-bond acceptors (Lipinski definition) is 6. The summed E-state index contributed by atoms with van der Waals surface area (Å²) in [5, 5.41) is 17.0. The molecule has 2 rings (SSSR count). The Morgan fingerprint density at radius 2 is 1.96 bits per heavy atom. The molecule has 1 aromatic carbocycles. The van der Waals surface area contributed by atoms with Crippen LogP contribution in [0.15, 0.2) is 35.5 Å². The van der Waals surface area contributed by atoms with Crippen LogP contribution in [0.4, 0.5) is 5.69 Å². The van der Waals surface area contributed by atoms with E-state index < -0.39 is 16.0 Å². The molecule has 0 amide bonds. The van der Waals surface area contributed by atoms with Crippen molar-refractivity contribution < 1.29 is 18.3 Å². The minimum Gasteiger partial charge on any atom is -0.481 e. The molecule has 1 aromatic heterocycles. The minimum absolute atomic E-state index is 0.0139. The fourth-order valence-corrected chi connectivity index (χ4v) is 3.36. The number of anilines is 1. The zero-order chi connectivity index (χ0) is 17.0. The molecule has 0 saturated heterocycles. The van der Waals surface area contributed by atoms with Crippen LogP contribution in [0.2, 0.25) is 0 Å². The highest BCUT2D eigenvalue weighted by atomic mass is 32.2. The monoisotopic (exact) mass is 356 g/mol. The summed E-state index contributed by atoms with van der Waals surface area (Å²) in [4.78, 5) is 10.6. The van der Waals surface area contributed by atoms with Crippen molar-refractivity contribution in [1.82, 2.24) is 14.8 Å². The first kappa shape index (κ1) is 17.3. The molecule has 0 saturated carbocycles. The van der Waals surface area contributed by atoms with Gasteiger partial charge in [0.05, 0.1) is 24.2 Å². The second-order valence-electron chi connectivity index (χ2n) is 4.75. The predicted octanol–water partition coefficient (Wildman–Crippen LogP) is 0.958. The fourth-order valence-electron chi connectivity index (χ4n) is 1.86. The van der Waals surface area contributed by atoms with Crippen LogP contribution in [0.5, 0.6) is 0 Å². The van der Waals surface area contributed by atoms with Crippen molar-refractivity contribution in [3.8, 4) is 0 Å². The highest BCUT2D eigenvalue weighted by molar-refractivity contribution is 7.99. The van der Waals surface area contributed by atoms with E-state index in [0.29, 0.717) is 16.7 Å². The zero-order valence-corrected chi connectivity index (χ0v) is 14.2. The van der Waals surface area contributed by atoms with Crippen LogP contribution in [-0.4, -0.2) is 46.3 Å². The van der Waals surface area contributed by atoms with Gasteiger partial charge in [-0.05, 0) is 12.1 Å². The lowest BCUT2D eigenvalue weighted by atomic mass is 10.3. The molecule has 10 heteroatoms. The molecule has 0 radical (unpaired) electrons. The Kier molecular flexibility index (Phi) is 5.26. The van der Waals surface area contributed by atoms with Gasteiger partial charge in [0.25, 0.3) is 0 Å². The number of thioether (sulfide) groups is 1. The highest BCUT2D eigenvalue weighted by Gasteiger charge is 2.21. The molecule has 2 aromatic rings. The van der Waals surface area contributed by atoms with E-state index in [1.54, 1.807) is 41.9 Å². The summed E-state index contributed by atoms with van der Waals surface area (Å²) in [7, 11) is -1.83. The van der Waals surface area contributed by atoms with Gasteiger partial charge in [0, 0.05) is 7.05 Å². The van der Waals surface area contributed by atoms with Gasteiger partial charge in [0.15, 0.2) is 11.0 Å². The van der Waals surface area contributed by atoms with Gasteiger partial charge in [-0.2, -0.15) is 0 Å². The average Bonchev–Trinajstić information content (AvgIpc) is 2.83. The smallest absolute Gasteiger partial charge is 0.313 e. The molecule has 8 nitrogen and oxygen atoms in total. The van der Waals surface area contributed by atoms with Crippen LogP contribution in [-0.2, 0) is 28.4 Å². The maximum Gasteiger partial charge on any atom is 0.313 e. The summed E-state index contributed by atoms with van der Waals surface area (Å²) in [6.07, 6.45) is 1.12. The minimum atomic E-state index is -3.50. The van der Waals surface area contributed by atoms with Crippen LogP contribution in [0.3, 0.4) is 0 Å². The summed E-state index contributed by atoms with van der Waals surface area (Å²) in [6.45, 7) is 0.0139. The molecule has 124 valence electrons. The Morgan fingerprint density at radius 3 is 2.52 bits per heavy atom. The Balaban J connectivity index is 2.26. The Morgan fingerprint density at radius 1 is 1.30 bits per heavy atom. The van der Waals surface area contributed by atoms with Crippen molar-refractivity contribution in [3.05, 3.63) is 36.2 Å². The molecule has 0 aliphatic rings. The topological polar surface area (TPSA) is 105 Å². The number of nitrogens with zero attached hydrogens (tertiary/aromatic N) is 4. The highest BCUT2D eigenvalue weighted by Crippen LogP contribution is 2.21. The molecule has 0 spiro atoms. The number of benzene rings is 1. The van der Waals surface area contributed by atoms with Crippen LogP contribution in [0.25, 0.3) is 0 Å². The maximum absolute atomic E-state index is 12.1. The largest absolute Gasteiger partial charge is 0.481 e. The van der Waals surface area contributed by atoms with Gasteiger partial charge in [-0.3, -0.25) is 9.10 Å². The maximum atomic E-state index is 12.1. The van der Waals surface area contributed by atoms with E-state index in [9.17, 15) is 13.2 Å². The van der Waals surface area contributed by atoms with Crippen molar-refractivity contribution in [2.45, 2.75) is 11.7 Å². The quantitative estimate of drug-likeness (QED) is 0.737. The number of hydrogen-bond donors (Lipinski definition) is 1. The van der Waals surface area contributed by atoms with Crippen molar-refractivity contribution in [3.63, 3.8) is 0 Å². The zero-order valence-electron chi connectivity index (χ0n) is 12.6. The number of carboxylic acids is 1. The Bertz CT molecular complexity index is 790. The molecular weight excluding hydrogens is 340 g/mol. The summed E-state index contributed by atoms with van der Waals surface area (Å²) >= 11 is 1.03. The number of para-hydroxylation sites is 1. The van der Waals surface area contributed by atoms with E-state index in [2.05, 4.69) is 10.2 Å². The third-order valence-corrected chi connectivity index (χ3v) is 5.12. The summed E-state index contributed by atoms with van der Waals surface area (Å²) in [5.41, 5.74) is 0.526. The Hall–Kier alpha value is -2.07. The number of carboxylic acid groups (broad SMARTS) is 1. The molecule has 0 fully saturated rings. The lowest BCUT2D eigenvalue weighted by Gasteiger charge is -2.21. The van der Waals surface area contributed by atoms with Gasteiger partial charge in [-0.25, -0.2) is 8.42 Å². The van der Waals surface area contributed by atoms with Crippen LogP contribution >= 0.6 is 11.8 Å². The van der Waals surface area contributed by atoms with E-state index in [4.69, 9.17) is 5.11 Å². The SMILES string of the molecule is Cn1c(CN(c2ccccc2)S(C)(=O)=O)nnc1SCC(=O)O. The molecule has 23 heavy (non-hydrogen) atoms. The molecule has 0 unspecified atom stereocenters. The number of carbonyl (C=O) groups is 1. The number of rotatable bonds is 7. The standard InChI is InChI=1S/C13H16N4O4S2/c1-16-11(14-15-13(16)22-9-12(18)19)8-17(23(2,20)21)10-6-4-3-5-7-10/h3-7H,8-9H2,1-2H3,(H,18,19). The van der Waals surface area contributed by atoms with E-state index in [-0.39, 0.29) is 12.3 Å². The van der Waals surface area contributed by atoms with Gasteiger partial charge in [-0.1, -0.05) is 30.0 Å². The second kappa shape index (κ2) is 7.01. The summed E-state index contributed by atoms with van der Waals surface area (Å²) in [6, 6.07) is 8.68. The molecule has 1 heterocycles. The van der Waals surface area contributed by atoms with Crippen molar-refractivity contribution in [2.75, 3.05) is 16.3 Å². The molecule has 0 aliphatic carbocycles. The van der Waals surface area contributed by atoms with Crippen LogP contribution in [0.1, 0.15) is 5.82 Å². The van der Waals surface area contributed by atoms with Crippen LogP contribution in [0, 0.1) is 0 Å². The van der Waals surface area contributed by atoms with Crippen molar-refractivity contribution in [1.29, 1.82) is 0 Å². The van der Waals surface area contributed by atoms with Gasteiger partial charge < -0.3 is 9.67 Å². The molecule has 0 bridgehead atoms. The Labute approximate surface area is 138 Å². The first-order valence-corrected chi connectivity index (χ1v) is 9.38. The molecular formula is C13H16N4O4S2. The third-order valence-electron chi connectivity index (χ3n) is 2.98. The van der Waals surface area contributed by atoms with E-state index in [1.165, 1.54) is 4.31 Å². The first-order chi connectivity index (χ1) is 10.8. The summed E-state index contributed by atoms with van der Waals surface area (Å²) < 4.78 is 26.9. The number of sulfonamides is 1. The number of aliphatic carboxylic acids is 1. The summed E-state index contributed by atoms with van der Waals surface area (Å²) in [5.74, 6) is -0.672. The van der Waals surface area contributed by atoms with Gasteiger partial charge in [-0.15, -0.1) is 10.2 Å². The second-order valence-corrected chi connectivity index (χ2v) is 7.59. The van der Waals surface area contributed by atoms with Gasteiger partial charge >= 0.3 is 5.97 Å². The first-order valence-electron chi connectivity index (χ1n) is 6.54. The third kappa shape index (κ3) is 4.45. The molecule has 1 N–H and O–H groups in total. The average molecular weight is 356 g/mol. The van der Waals surface area contributed by atoms with Crippen molar-refractivity contribution in [2.24, 2.45) is 7.05 Å². The van der Waals surface area contributed by atoms with E-state index in [0.717, 1.165) is 18.0 Å². The molecule has 0 aliphatic heterocycles. The van der Waals surface area contributed by atoms with E-state index in [1.807, 2.05) is 0 Å². The molecule has 0 atom stereocenters. The lowest BCUT2D eigenvalue weighted by molar-refractivity contribution is -0.133. The van der Waals surface area contributed by atoms with Gasteiger partial charge in [0.2, 0.25) is 10.0 Å². The fraction of sp³-hybridized carbons (Fsp3) is 0.308. The normalized spacial score (nSPS) is 11.4.